The van der Waals surface area contributed by atoms with Crippen molar-refractivity contribution in [2.45, 2.75) is 45.6 Å². The van der Waals surface area contributed by atoms with Crippen LogP contribution in [0, 0.1) is 17.2 Å². The molecule has 0 bridgehead atoms. The zero-order valence-electron chi connectivity index (χ0n) is 12.4. The second kappa shape index (κ2) is 5.08. The van der Waals surface area contributed by atoms with Gasteiger partial charge in [-0.3, -0.25) is 4.79 Å². The molecule has 2 unspecified atom stereocenters. The van der Waals surface area contributed by atoms with Crippen molar-refractivity contribution in [3.63, 3.8) is 0 Å². The Hall–Kier alpha value is -1.58. The predicted octanol–water partition coefficient (Wildman–Crippen LogP) is 3.31. The highest BCUT2D eigenvalue weighted by Gasteiger charge is 2.46. The van der Waals surface area contributed by atoms with Crippen molar-refractivity contribution in [3.05, 3.63) is 30.1 Å². The van der Waals surface area contributed by atoms with Crippen molar-refractivity contribution in [3.8, 4) is 0 Å². The molecule has 1 aromatic carbocycles. The van der Waals surface area contributed by atoms with Gasteiger partial charge in [0.2, 0.25) is 5.91 Å². The molecule has 3 N–H and O–H groups in total. The predicted molar refractivity (Wildman–Crippen MR) is 78.7 cm³/mol. The van der Waals surface area contributed by atoms with E-state index in [1.54, 1.807) is 12.1 Å². The number of nitrogens with one attached hydrogen (secondary N) is 1. The second-order valence-electron chi connectivity index (χ2n) is 6.94. The molecule has 1 aliphatic rings. The summed E-state index contributed by atoms with van der Waals surface area (Å²) in [5, 5.41) is 3.21. The summed E-state index contributed by atoms with van der Waals surface area (Å²) in [6.07, 6.45) is 2.41. The topological polar surface area (TPSA) is 55.1 Å². The van der Waals surface area contributed by atoms with E-state index in [-0.39, 0.29) is 17.1 Å². The highest BCUT2D eigenvalue weighted by Crippen LogP contribution is 2.45. The van der Waals surface area contributed by atoms with Gasteiger partial charge in [-0.2, -0.15) is 0 Å². The molecule has 1 saturated carbocycles. The summed E-state index contributed by atoms with van der Waals surface area (Å²) in [6.45, 7) is 6.42. The number of nitrogens with two attached hydrogens (primary N) is 1. The number of benzene rings is 1. The summed E-state index contributed by atoms with van der Waals surface area (Å²) in [6, 6.07) is 6.18. The molecule has 0 aromatic heterocycles. The Bertz CT molecular complexity index is 515. The average molecular weight is 278 g/mol. The van der Waals surface area contributed by atoms with Crippen LogP contribution < -0.4 is 11.1 Å². The number of carbonyl (C=O) groups excluding carboxylic acids is 1. The summed E-state index contributed by atoms with van der Waals surface area (Å²) < 4.78 is 13.3. The van der Waals surface area contributed by atoms with Gasteiger partial charge in [0.1, 0.15) is 11.4 Å². The summed E-state index contributed by atoms with van der Waals surface area (Å²) in [5.41, 5.74) is 5.52. The SMILES string of the molecule is CC1CC(C)(C)CC(Nc2cccc(F)c2)(C(N)=O)C1. The van der Waals surface area contributed by atoms with E-state index in [0.29, 0.717) is 24.4 Å². The largest absolute Gasteiger partial charge is 0.371 e. The van der Waals surface area contributed by atoms with Crippen LogP contribution in [0.5, 0.6) is 0 Å². The van der Waals surface area contributed by atoms with Crippen molar-refractivity contribution in [2.75, 3.05) is 5.32 Å². The quantitative estimate of drug-likeness (QED) is 0.891. The Balaban J connectivity index is 2.32. The summed E-state index contributed by atoms with van der Waals surface area (Å²) in [5.74, 6) is -0.286. The molecule has 1 aliphatic carbocycles. The van der Waals surface area contributed by atoms with E-state index in [4.69, 9.17) is 5.73 Å². The monoisotopic (exact) mass is 278 g/mol. The molecule has 4 heteroatoms. The number of primary amides is 1. The van der Waals surface area contributed by atoms with Gasteiger partial charge in [-0.05, 0) is 48.8 Å². The maximum absolute atomic E-state index is 13.3. The first-order valence-corrected chi connectivity index (χ1v) is 7.06. The number of carbonyl (C=O) groups is 1. The molecule has 1 fully saturated rings. The van der Waals surface area contributed by atoms with Crippen LogP contribution in [0.2, 0.25) is 0 Å². The zero-order chi connectivity index (χ0) is 15.0. The molecule has 0 heterocycles. The van der Waals surface area contributed by atoms with Crippen LogP contribution in [0.25, 0.3) is 0 Å². The minimum absolute atomic E-state index is 0.0347. The lowest BCUT2D eigenvalue weighted by molar-refractivity contribution is -0.125. The van der Waals surface area contributed by atoms with Crippen LogP contribution in [0.4, 0.5) is 10.1 Å². The van der Waals surface area contributed by atoms with E-state index in [1.807, 2.05) is 0 Å². The number of hydrogen-bond acceptors (Lipinski definition) is 2. The van der Waals surface area contributed by atoms with Gasteiger partial charge in [0, 0.05) is 5.69 Å². The zero-order valence-corrected chi connectivity index (χ0v) is 12.4. The van der Waals surface area contributed by atoms with E-state index in [2.05, 4.69) is 26.1 Å². The Morgan fingerprint density at radius 2 is 2.10 bits per heavy atom. The molecule has 2 atom stereocenters. The lowest BCUT2D eigenvalue weighted by atomic mass is 9.64. The number of anilines is 1. The number of hydrogen-bond donors (Lipinski definition) is 2. The fourth-order valence-electron chi connectivity index (χ4n) is 3.76. The van der Waals surface area contributed by atoms with Gasteiger partial charge in [0.05, 0.1) is 0 Å². The Morgan fingerprint density at radius 3 is 2.65 bits per heavy atom. The first kappa shape index (κ1) is 14.8. The van der Waals surface area contributed by atoms with Gasteiger partial charge < -0.3 is 11.1 Å². The fraction of sp³-hybridized carbons (Fsp3) is 0.562. The van der Waals surface area contributed by atoms with Gasteiger partial charge in [-0.1, -0.05) is 26.8 Å². The number of amides is 1. The minimum Gasteiger partial charge on any atom is -0.371 e. The van der Waals surface area contributed by atoms with Crippen LogP contribution >= 0.6 is 0 Å². The third kappa shape index (κ3) is 3.11. The molecule has 2 rings (SSSR count). The third-order valence-electron chi connectivity index (χ3n) is 4.06. The van der Waals surface area contributed by atoms with E-state index in [9.17, 15) is 9.18 Å². The molecule has 0 spiro atoms. The first-order chi connectivity index (χ1) is 9.22. The standard InChI is InChI=1S/C16H23FN2O/c1-11-8-15(2,3)10-16(9-11,14(18)20)19-13-6-4-5-12(17)7-13/h4-7,11,19H,8-10H2,1-3H3,(H2,18,20). The van der Waals surface area contributed by atoms with Gasteiger partial charge in [0.25, 0.3) is 0 Å². The summed E-state index contributed by atoms with van der Waals surface area (Å²) in [7, 11) is 0. The van der Waals surface area contributed by atoms with Gasteiger partial charge in [0.15, 0.2) is 0 Å². The summed E-state index contributed by atoms with van der Waals surface area (Å²) in [4.78, 5) is 12.1. The lowest BCUT2D eigenvalue weighted by Crippen LogP contribution is -2.56. The highest BCUT2D eigenvalue weighted by molar-refractivity contribution is 5.88. The van der Waals surface area contributed by atoms with Crippen LogP contribution in [0.15, 0.2) is 24.3 Å². The molecular weight excluding hydrogens is 255 g/mol. The van der Waals surface area contributed by atoms with Gasteiger partial charge >= 0.3 is 0 Å². The molecular formula is C16H23FN2O. The maximum atomic E-state index is 13.3. The van der Waals surface area contributed by atoms with Crippen molar-refractivity contribution in [2.24, 2.45) is 17.1 Å². The average Bonchev–Trinajstić information content (AvgIpc) is 2.25. The van der Waals surface area contributed by atoms with Crippen LogP contribution in [0.3, 0.4) is 0 Å². The molecule has 0 radical (unpaired) electrons. The first-order valence-electron chi connectivity index (χ1n) is 7.06. The van der Waals surface area contributed by atoms with Gasteiger partial charge in [-0.15, -0.1) is 0 Å². The maximum Gasteiger partial charge on any atom is 0.243 e. The van der Waals surface area contributed by atoms with E-state index < -0.39 is 5.54 Å². The molecule has 110 valence electrons. The van der Waals surface area contributed by atoms with E-state index in [0.717, 1.165) is 6.42 Å². The smallest absolute Gasteiger partial charge is 0.243 e. The van der Waals surface area contributed by atoms with Crippen LogP contribution in [-0.4, -0.2) is 11.4 Å². The molecule has 3 nitrogen and oxygen atoms in total. The second-order valence-corrected chi connectivity index (χ2v) is 6.94. The number of rotatable bonds is 3. The molecule has 0 aliphatic heterocycles. The fourth-order valence-corrected chi connectivity index (χ4v) is 3.76. The van der Waals surface area contributed by atoms with Crippen molar-refractivity contribution < 1.29 is 9.18 Å². The van der Waals surface area contributed by atoms with Gasteiger partial charge in [-0.25, -0.2) is 4.39 Å². The Labute approximate surface area is 119 Å². The van der Waals surface area contributed by atoms with E-state index in [1.165, 1.54) is 12.1 Å². The number of halogens is 1. The third-order valence-corrected chi connectivity index (χ3v) is 4.06. The summed E-state index contributed by atoms with van der Waals surface area (Å²) >= 11 is 0. The minimum atomic E-state index is -0.797. The molecule has 0 saturated heterocycles. The molecule has 1 aromatic rings. The van der Waals surface area contributed by atoms with E-state index >= 15 is 0 Å². The van der Waals surface area contributed by atoms with Crippen LogP contribution in [-0.2, 0) is 4.79 Å². The molecule has 20 heavy (non-hydrogen) atoms. The Morgan fingerprint density at radius 1 is 1.40 bits per heavy atom. The highest BCUT2D eigenvalue weighted by atomic mass is 19.1. The van der Waals surface area contributed by atoms with Crippen molar-refractivity contribution >= 4 is 11.6 Å². The van der Waals surface area contributed by atoms with Crippen LogP contribution in [0.1, 0.15) is 40.0 Å². The molecule has 1 amide bonds. The Kier molecular flexibility index (Phi) is 3.76. The van der Waals surface area contributed by atoms with Crippen molar-refractivity contribution in [1.29, 1.82) is 0 Å². The lowest BCUT2D eigenvalue weighted by Gasteiger charge is -2.46. The normalized spacial score (nSPS) is 28.9. The van der Waals surface area contributed by atoms with Crippen molar-refractivity contribution in [1.82, 2.24) is 0 Å².